The van der Waals surface area contributed by atoms with Gasteiger partial charge in [0.1, 0.15) is 5.69 Å². The second-order valence-electron chi connectivity index (χ2n) is 5.31. The summed E-state index contributed by atoms with van der Waals surface area (Å²) in [5.41, 5.74) is 1.43. The number of rotatable bonds is 4. The number of H-pyrrole nitrogens is 1. The number of aromatic amines is 1. The number of carboxylic acid groups (broad SMARTS) is 1. The second-order valence-corrected chi connectivity index (χ2v) is 6.46. The summed E-state index contributed by atoms with van der Waals surface area (Å²) in [4.78, 5) is 25.1. The van der Waals surface area contributed by atoms with Crippen LogP contribution in [-0.2, 0) is 4.79 Å². The van der Waals surface area contributed by atoms with E-state index in [4.69, 9.17) is 5.11 Å². The van der Waals surface area contributed by atoms with Gasteiger partial charge >= 0.3 is 5.97 Å². The molecule has 0 aromatic carbocycles. The smallest absolute Gasteiger partial charge is 0.305 e. The lowest BCUT2D eigenvalue weighted by molar-refractivity contribution is -0.138. The van der Waals surface area contributed by atoms with Crippen LogP contribution in [-0.4, -0.2) is 56.2 Å². The maximum Gasteiger partial charge on any atom is 0.305 e. The number of thioether (sulfide) groups is 1. The largest absolute Gasteiger partial charge is 0.481 e. The van der Waals surface area contributed by atoms with Crippen LogP contribution in [0.1, 0.15) is 41.4 Å². The molecule has 1 amide bonds. The molecule has 1 saturated carbocycles. The third kappa shape index (κ3) is 2.82. The van der Waals surface area contributed by atoms with Crippen LogP contribution >= 0.6 is 11.8 Å². The van der Waals surface area contributed by atoms with Crippen LogP contribution in [0.15, 0.2) is 6.07 Å². The molecule has 1 aliphatic heterocycles. The molecule has 2 aliphatic rings. The molecule has 0 radical (unpaired) electrons. The molecule has 1 saturated heterocycles. The number of nitrogens with one attached hydrogen (secondary N) is 1. The van der Waals surface area contributed by atoms with Gasteiger partial charge in [-0.15, -0.1) is 0 Å². The minimum atomic E-state index is -0.865. The molecule has 20 heavy (non-hydrogen) atoms. The lowest BCUT2D eigenvalue weighted by Crippen LogP contribution is -2.47. The molecule has 2 N–H and O–H groups in total. The van der Waals surface area contributed by atoms with Crippen molar-refractivity contribution in [3.8, 4) is 0 Å². The average Bonchev–Trinajstić information content (AvgIpc) is 3.16. The summed E-state index contributed by atoms with van der Waals surface area (Å²) in [5, 5.41) is 16.0. The zero-order chi connectivity index (χ0) is 14.1. The Hall–Kier alpha value is -1.50. The van der Waals surface area contributed by atoms with Crippen molar-refractivity contribution in [2.75, 3.05) is 18.1 Å². The zero-order valence-corrected chi connectivity index (χ0v) is 11.9. The van der Waals surface area contributed by atoms with Gasteiger partial charge in [-0.1, -0.05) is 0 Å². The molecule has 1 unspecified atom stereocenters. The maximum atomic E-state index is 12.5. The van der Waals surface area contributed by atoms with E-state index in [9.17, 15) is 9.59 Å². The third-order valence-corrected chi connectivity index (χ3v) is 4.82. The zero-order valence-electron chi connectivity index (χ0n) is 11.0. The lowest BCUT2D eigenvalue weighted by atomic mass is 10.1. The number of aromatic nitrogens is 2. The summed E-state index contributed by atoms with van der Waals surface area (Å²) in [6, 6.07) is 1.58. The molecular formula is C13H17N3O3S. The van der Waals surface area contributed by atoms with E-state index >= 15 is 0 Å². The number of hydrogen-bond acceptors (Lipinski definition) is 4. The van der Waals surface area contributed by atoms with Crippen LogP contribution in [0.4, 0.5) is 0 Å². The van der Waals surface area contributed by atoms with Crippen LogP contribution in [0.2, 0.25) is 0 Å². The predicted octanol–water partition coefficient (Wildman–Crippen LogP) is 1.32. The van der Waals surface area contributed by atoms with Crippen molar-refractivity contribution in [3.05, 3.63) is 17.5 Å². The van der Waals surface area contributed by atoms with Crippen molar-refractivity contribution in [1.82, 2.24) is 15.1 Å². The van der Waals surface area contributed by atoms with E-state index in [0.717, 1.165) is 24.3 Å². The Kier molecular flexibility index (Phi) is 3.69. The van der Waals surface area contributed by atoms with Gasteiger partial charge in [0.05, 0.1) is 12.5 Å². The summed E-state index contributed by atoms with van der Waals surface area (Å²) < 4.78 is 0. The normalized spacial score (nSPS) is 22.8. The quantitative estimate of drug-likeness (QED) is 0.875. The predicted molar refractivity (Wildman–Crippen MR) is 75.0 cm³/mol. The Balaban J connectivity index is 1.73. The molecule has 3 rings (SSSR count). The fraction of sp³-hybridized carbons (Fsp3) is 0.615. The maximum absolute atomic E-state index is 12.5. The monoisotopic (exact) mass is 295 g/mol. The van der Waals surface area contributed by atoms with E-state index in [2.05, 4.69) is 10.2 Å². The van der Waals surface area contributed by atoms with Gasteiger partial charge in [0, 0.05) is 29.7 Å². The Morgan fingerprint density at radius 3 is 3.00 bits per heavy atom. The second kappa shape index (κ2) is 5.47. The molecule has 1 atom stereocenters. The molecule has 6 nitrogen and oxygen atoms in total. The lowest BCUT2D eigenvalue weighted by Gasteiger charge is -2.34. The van der Waals surface area contributed by atoms with Crippen LogP contribution in [0.25, 0.3) is 0 Å². The van der Waals surface area contributed by atoms with Gasteiger partial charge in [-0.3, -0.25) is 14.7 Å². The van der Waals surface area contributed by atoms with Gasteiger partial charge in [-0.05, 0) is 18.9 Å². The average molecular weight is 295 g/mol. The topological polar surface area (TPSA) is 86.3 Å². The highest BCUT2D eigenvalue weighted by atomic mass is 32.2. The van der Waals surface area contributed by atoms with Crippen LogP contribution in [0.3, 0.4) is 0 Å². The molecule has 1 aromatic heterocycles. The first-order valence-electron chi connectivity index (χ1n) is 6.81. The summed E-state index contributed by atoms with van der Waals surface area (Å²) in [5.74, 6) is 1.03. The molecule has 0 spiro atoms. The summed E-state index contributed by atoms with van der Waals surface area (Å²) in [6.45, 7) is 0.590. The summed E-state index contributed by atoms with van der Waals surface area (Å²) in [7, 11) is 0. The minimum Gasteiger partial charge on any atom is -0.481 e. The number of carbonyl (C=O) groups is 2. The number of aliphatic carboxylic acids is 1. The van der Waals surface area contributed by atoms with Gasteiger partial charge in [-0.25, -0.2) is 0 Å². The van der Waals surface area contributed by atoms with Gasteiger partial charge in [0.25, 0.3) is 5.91 Å². The highest BCUT2D eigenvalue weighted by Gasteiger charge is 2.32. The van der Waals surface area contributed by atoms with Crippen LogP contribution in [0.5, 0.6) is 0 Å². The first kappa shape index (κ1) is 13.5. The molecule has 1 aromatic rings. The fourth-order valence-electron chi connectivity index (χ4n) is 2.49. The van der Waals surface area contributed by atoms with E-state index in [1.807, 2.05) is 6.07 Å². The molecule has 7 heteroatoms. The van der Waals surface area contributed by atoms with E-state index in [1.165, 1.54) is 0 Å². The Labute approximate surface area is 120 Å². The highest BCUT2D eigenvalue weighted by Crippen LogP contribution is 2.39. The molecule has 2 heterocycles. The van der Waals surface area contributed by atoms with E-state index in [0.29, 0.717) is 23.9 Å². The van der Waals surface area contributed by atoms with Gasteiger partial charge < -0.3 is 10.0 Å². The van der Waals surface area contributed by atoms with Crippen molar-refractivity contribution >= 4 is 23.6 Å². The number of hydrogen-bond donors (Lipinski definition) is 2. The molecular weight excluding hydrogens is 278 g/mol. The van der Waals surface area contributed by atoms with Crippen LogP contribution < -0.4 is 0 Å². The summed E-state index contributed by atoms with van der Waals surface area (Å²) >= 11 is 1.70. The number of nitrogens with zero attached hydrogens (tertiary/aromatic N) is 2. The molecule has 2 fully saturated rings. The van der Waals surface area contributed by atoms with Crippen molar-refractivity contribution in [2.45, 2.75) is 31.2 Å². The molecule has 1 aliphatic carbocycles. The van der Waals surface area contributed by atoms with Crippen molar-refractivity contribution in [3.63, 3.8) is 0 Å². The summed E-state index contributed by atoms with van der Waals surface area (Å²) in [6.07, 6.45) is 2.30. The van der Waals surface area contributed by atoms with E-state index in [-0.39, 0.29) is 18.4 Å². The Morgan fingerprint density at radius 1 is 1.50 bits per heavy atom. The standard InChI is InChI=1S/C13H17N3O3S/c17-12(18)5-9-7-20-4-3-16(9)13(19)11-6-10(14-15-11)8-1-2-8/h6,8-9H,1-5,7H2,(H,14,15)(H,17,18). The number of amides is 1. The third-order valence-electron chi connectivity index (χ3n) is 3.73. The number of carboxylic acids is 1. The van der Waals surface area contributed by atoms with E-state index in [1.54, 1.807) is 16.7 Å². The highest BCUT2D eigenvalue weighted by molar-refractivity contribution is 7.99. The van der Waals surface area contributed by atoms with Crippen molar-refractivity contribution in [1.29, 1.82) is 0 Å². The number of carbonyl (C=O) groups excluding carboxylic acids is 1. The fourth-order valence-corrected chi connectivity index (χ4v) is 3.55. The van der Waals surface area contributed by atoms with Gasteiger partial charge in [0.2, 0.25) is 0 Å². The van der Waals surface area contributed by atoms with Crippen molar-refractivity contribution < 1.29 is 14.7 Å². The minimum absolute atomic E-state index is 0.00134. The SMILES string of the molecule is O=C(O)CC1CSCCN1C(=O)c1cc(C2CC2)[nH]n1. The Bertz CT molecular complexity index is 527. The first-order chi connectivity index (χ1) is 9.65. The van der Waals surface area contributed by atoms with Gasteiger partial charge in [-0.2, -0.15) is 16.9 Å². The van der Waals surface area contributed by atoms with Gasteiger partial charge in [0.15, 0.2) is 0 Å². The van der Waals surface area contributed by atoms with Crippen molar-refractivity contribution in [2.24, 2.45) is 0 Å². The molecule has 108 valence electrons. The Morgan fingerprint density at radius 2 is 2.30 bits per heavy atom. The first-order valence-corrected chi connectivity index (χ1v) is 7.96. The van der Waals surface area contributed by atoms with E-state index < -0.39 is 5.97 Å². The molecule has 0 bridgehead atoms. The van der Waals surface area contributed by atoms with Crippen LogP contribution in [0, 0.1) is 0 Å².